The fourth-order valence-corrected chi connectivity index (χ4v) is 2.24. The van der Waals surface area contributed by atoms with Crippen LogP contribution in [0.2, 0.25) is 0 Å². The summed E-state index contributed by atoms with van der Waals surface area (Å²) in [4.78, 5) is 8.60. The van der Waals surface area contributed by atoms with Crippen molar-refractivity contribution in [3.05, 3.63) is 16.5 Å². The van der Waals surface area contributed by atoms with E-state index in [1.165, 1.54) is 12.8 Å². The molecule has 1 aliphatic rings. The van der Waals surface area contributed by atoms with Crippen molar-refractivity contribution in [2.45, 2.75) is 45.1 Å². The summed E-state index contributed by atoms with van der Waals surface area (Å²) in [7, 11) is 0. The summed E-state index contributed by atoms with van der Waals surface area (Å²) >= 11 is 3.37. The molecule has 1 aromatic heterocycles. The molecule has 1 heterocycles. The van der Waals surface area contributed by atoms with Gasteiger partial charge in [-0.3, -0.25) is 0 Å². The highest BCUT2D eigenvalue weighted by molar-refractivity contribution is 9.10. The van der Waals surface area contributed by atoms with Crippen molar-refractivity contribution in [3.63, 3.8) is 0 Å². The minimum atomic E-state index is 0.358. The van der Waals surface area contributed by atoms with Crippen molar-refractivity contribution in [3.8, 4) is 5.88 Å². The first kappa shape index (κ1) is 10.9. The van der Waals surface area contributed by atoms with Crippen molar-refractivity contribution in [2.75, 3.05) is 0 Å². The second kappa shape index (κ2) is 4.92. The zero-order chi connectivity index (χ0) is 10.7. The highest BCUT2D eigenvalue weighted by atomic mass is 79.9. The molecule has 82 valence electrons. The number of hydrogen-bond acceptors (Lipinski definition) is 3. The molecule has 0 amide bonds. The molecule has 0 bridgehead atoms. The minimum absolute atomic E-state index is 0.358. The summed E-state index contributed by atoms with van der Waals surface area (Å²) < 4.78 is 6.63. The summed E-state index contributed by atoms with van der Waals surface area (Å²) in [6.07, 6.45) is 6.05. The first-order chi connectivity index (χ1) is 7.28. The lowest BCUT2D eigenvalue weighted by Gasteiger charge is -2.12. The van der Waals surface area contributed by atoms with Crippen LogP contribution in [0.1, 0.15) is 38.4 Å². The van der Waals surface area contributed by atoms with E-state index in [0.717, 1.165) is 29.7 Å². The maximum atomic E-state index is 5.82. The van der Waals surface area contributed by atoms with Crippen LogP contribution in [0.25, 0.3) is 0 Å². The molecular formula is C11H15BrN2O. The van der Waals surface area contributed by atoms with E-state index in [0.29, 0.717) is 12.0 Å². The Labute approximate surface area is 98.4 Å². The summed E-state index contributed by atoms with van der Waals surface area (Å²) in [5.41, 5.74) is 0. The highest BCUT2D eigenvalue weighted by Crippen LogP contribution is 2.24. The topological polar surface area (TPSA) is 35.0 Å². The van der Waals surface area contributed by atoms with E-state index >= 15 is 0 Å². The number of aryl methyl sites for hydroxylation is 1. The molecule has 0 unspecified atom stereocenters. The molecule has 1 saturated carbocycles. The van der Waals surface area contributed by atoms with Crippen LogP contribution in [0.5, 0.6) is 5.88 Å². The van der Waals surface area contributed by atoms with Crippen LogP contribution >= 0.6 is 15.9 Å². The zero-order valence-corrected chi connectivity index (χ0v) is 10.5. The van der Waals surface area contributed by atoms with E-state index in [9.17, 15) is 0 Å². The maximum Gasteiger partial charge on any atom is 0.217 e. The molecule has 1 aromatic rings. The van der Waals surface area contributed by atoms with E-state index in [1.54, 1.807) is 0 Å². The van der Waals surface area contributed by atoms with Gasteiger partial charge >= 0.3 is 0 Å². The molecule has 0 saturated heterocycles. The van der Waals surface area contributed by atoms with Gasteiger partial charge in [-0.1, -0.05) is 6.92 Å². The van der Waals surface area contributed by atoms with Gasteiger partial charge in [0.2, 0.25) is 5.88 Å². The van der Waals surface area contributed by atoms with Crippen LogP contribution in [0.15, 0.2) is 10.7 Å². The lowest BCUT2D eigenvalue weighted by atomic mass is 10.3. The van der Waals surface area contributed by atoms with E-state index < -0.39 is 0 Å². The summed E-state index contributed by atoms with van der Waals surface area (Å²) in [6.45, 7) is 2.04. The van der Waals surface area contributed by atoms with Crippen molar-refractivity contribution in [2.24, 2.45) is 0 Å². The minimum Gasteiger partial charge on any atom is -0.474 e. The smallest absolute Gasteiger partial charge is 0.217 e. The molecule has 3 nitrogen and oxygen atoms in total. The van der Waals surface area contributed by atoms with Gasteiger partial charge in [0.15, 0.2) is 0 Å². The molecule has 0 aromatic carbocycles. The van der Waals surface area contributed by atoms with Crippen molar-refractivity contribution in [1.29, 1.82) is 0 Å². The molecule has 0 spiro atoms. The monoisotopic (exact) mass is 270 g/mol. The second-order valence-corrected chi connectivity index (χ2v) is 4.64. The molecule has 0 radical (unpaired) electrons. The number of hydrogen-bond donors (Lipinski definition) is 0. The van der Waals surface area contributed by atoms with Crippen molar-refractivity contribution < 1.29 is 4.74 Å². The predicted molar refractivity (Wildman–Crippen MR) is 62.0 cm³/mol. The lowest BCUT2D eigenvalue weighted by Crippen LogP contribution is -2.12. The van der Waals surface area contributed by atoms with Crippen molar-refractivity contribution >= 4 is 15.9 Å². The average Bonchev–Trinajstić information content (AvgIpc) is 2.69. The van der Waals surface area contributed by atoms with Gasteiger partial charge in [0.25, 0.3) is 0 Å². The van der Waals surface area contributed by atoms with Gasteiger partial charge in [-0.05, 0) is 41.6 Å². The van der Waals surface area contributed by atoms with Gasteiger partial charge in [-0.25, -0.2) is 4.98 Å². The van der Waals surface area contributed by atoms with Crippen LogP contribution in [0.4, 0.5) is 0 Å². The van der Waals surface area contributed by atoms with Crippen LogP contribution in [-0.4, -0.2) is 16.1 Å². The molecule has 4 heteroatoms. The zero-order valence-electron chi connectivity index (χ0n) is 8.87. The first-order valence-corrected chi connectivity index (χ1v) is 6.27. The first-order valence-electron chi connectivity index (χ1n) is 5.48. The fourth-order valence-electron chi connectivity index (χ4n) is 1.84. The Morgan fingerprint density at radius 2 is 2.13 bits per heavy atom. The number of halogens is 1. The molecule has 1 aliphatic carbocycles. The van der Waals surface area contributed by atoms with Crippen LogP contribution in [0, 0.1) is 0 Å². The van der Waals surface area contributed by atoms with Gasteiger partial charge in [-0.2, -0.15) is 4.98 Å². The average molecular weight is 271 g/mol. The van der Waals surface area contributed by atoms with Crippen LogP contribution < -0.4 is 4.74 Å². The standard InChI is InChI=1S/C11H15BrN2O/c1-2-10-13-9(12)7-11(14-10)15-8-5-3-4-6-8/h7-8H,2-6H2,1H3. The number of aromatic nitrogens is 2. The maximum absolute atomic E-state index is 5.82. The predicted octanol–water partition coefficient (Wildman–Crippen LogP) is 3.12. The largest absolute Gasteiger partial charge is 0.474 e. The Kier molecular flexibility index (Phi) is 3.57. The molecule has 0 atom stereocenters. The second-order valence-electron chi connectivity index (χ2n) is 3.82. The van der Waals surface area contributed by atoms with Gasteiger partial charge in [-0.15, -0.1) is 0 Å². The van der Waals surface area contributed by atoms with E-state index in [2.05, 4.69) is 25.9 Å². The van der Waals surface area contributed by atoms with Gasteiger partial charge in [0, 0.05) is 12.5 Å². The van der Waals surface area contributed by atoms with Crippen molar-refractivity contribution in [1.82, 2.24) is 9.97 Å². The van der Waals surface area contributed by atoms with Crippen LogP contribution in [0.3, 0.4) is 0 Å². The third kappa shape index (κ3) is 2.91. The molecule has 15 heavy (non-hydrogen) atoms. The van der Waals surface area contributed by atoms with Crippen LogP contribution in [-0.2, 0) is 6.42 Å². The molecule has 2 rings (SSSR count). The Balaban J connectivity index is 2.09. The molecule has 1 fully saturated rings. The van der Waals surface area contributed by atoms with Gasteiger partial charge in [0.1, 0.15) is 16.5 Å². The summed E-state index contributed by atoms with van der Waals surface area (Å²) in [6, 6.07) is 1.84. The van der Waals surface area contributed by atoms with Gasteiger partial charge < -0.3 is 4.74 Å². The Morgan fingerprint density at radius 3 is 2.80 bits per heavy atom. The Morgan fingerprint density at radius 1 is 1.40 bits per heavy atom. The summed E-state index contributed by atoms with van der Waals surface area (Å²) in [5.74, 6) is 1.54. The molecule has 0 aliphatic heterocycles. The quantitative estimate of drug-likeness (QED) is 0.792. The van der Waals surface area contributed by atoms with Gasteiger partial charge in [0.05, 0.1) is 0 Å². The third-order valence-corrected chi connectivity index (χ3v) is 3.03. The summed E-state index contributed by atoms with van der Waals surface area (Å²) in [5, 5.41) is 0. The normalized spacial score (nSPS) is 16.9. The lowest BCUT2D eigenvalue weighted by molar-refractivity contribution is 0.200. The number of rotatable bonds is 3. The highest BCUT2D eigenvalue weighted by Gasteiger charge is 2.17. The fraction of sp³-hybridized carbons (Fsp3) is 0.636. The number of ether oxygens (including phenoxy) is 1. The third-order valence-electron chi connectivity index (χ3n) is 2.62. The Hall–Kier alpha value is -0.640. The number of nitrogens with zero attached hydrogens (tertiary/aromatic N) is 2. The molecular weight excluding hydrogens is 256 g/mol. The van der Waals surface area contributed by atoms with E-state index in [-0.39, 0.29) is 0 Å². The van der Waals surface area contributed by atoms with E-state index in [4.69, 9.17) is 4.74 Å². The van der Waals surface area contributed by atoms with E-state index in [1.807, 2.05) is 13.0 Å². The Bertz CT molecular complexity index is 337. The molecule has 0 N–H and O–H groups in total. The SMILES string of the molecule is CCc1nc(Br)cc(OC2CCCC2)n1.